The molecule has 1 unspecified atom stereocenters. The maximum Gasteiger partial charge on any atom is 0.359 e. The van der Waals surface area contributed by atoms with Crippen LogP contribution in [-0.4, -0.2) is 28.9 Å². The van der Waals surface area contributed by atoms with E-state index in [0.717, 1.165) is 0 Å². The second-order valence-electron chi connectivity index (χ2n) is 5.22. The Hall–Kier alpha value is -2.22. The number of carbonyl (C=O) groups excluding carboxylic acids is 1. The molecule has 2 rings (SSSR count). The summed E-state index contributed by atoms with van der Waals surface area (Å²) < 4.78 is 13.3. The summed E-state index contributed by atoms with van der Waals surface area (Å²) in [4.78, 5) is 23.1. The summed E-state index contributed by atoms with van der Waals surface area (Å²) in [5.41, 5.74) is 0.125. The van der Waals surface area contributed by atoms with Crippen molar-refractivity contribution < 1.29 is 23.9 Å². The Morgan fingerprint density at radius 1 is 1.07 bits per heavy atom. The number of carbonyl (C=O) groups is 1. The standard InChI is InChI=1S/C17H14Cl3NO6/c1-25-13-8-11(12(21(23)24)9-14(13)26-2)15(10-6-4-3-5-7-10)27-16(22)17(18,19)20/h3-9,15H,1-2H3. The number of nitro benzene ring substituents is 1. The predicted octanol–water partition coefficient (Wildman–Crippen LogP) is 4.61. The van der Waals surface area contributed by atoms with E-state index in [1.165, 1.54) is 26.4 Å². The number of benzene rings is 2. The Kier molecular flexibility index (Phi) is 6.75. The minimum absolute atomic E-state index is 0.0338. The molecular weight excluding hydrogens is 421 g/mol. The van der Waals surface area contributed by atoms with Gasteiger partial charge in [0.15, 0.2) is 17.6 Å². The molecule has 0 N–H and O–H groups in total. The van der Waals surface area contributed by atoms with E-state index in [9.17, 15) is 14.9 Å². The third-order valence-electron chi connectivity index (χ3n) is 3.57. The van der Waals surface area contributed by atoms with Crippen molar-refractivity contribution in [1.29, 1.82) is 0 Å². The van der Waals surface area contributed by atoms with Crippen LogP contribution in [0.3, 0.4) is 0 Å². The number of rotatable bonds is 6. The average molecular weight is 435 g/mol. The molecule has 0 saturated heterocycles. The van der Waals surface area contributed by atoms with Crippen molar-refractivity contribution in [3.63, 3.8) is 0 Å². The first-order chi connectivity index (χ1) is 12.7. The summed E-state index contributed by atoms with van der Waals surface area (Å²) in [6, 6.07) is 10.9. The molecule has 10 heteroatoms. The van der Waals surface area contributed by atoms with Gasteiger partial charge in [-0.05, 0) is 11.6 Å². The summed E-state index contributed by atoms with van der Waals surface area (Å²) in [7, 11) is 2.72. The number of hydrogen-bond acceptors (Lipinski definition) is 6. The molecule has 0 aliphatic rings. The average Bonchev–Trinajstić information content (AvgIpc) is 2.64. The van der Waals surface area contributed by atoms with Gasteiger partial charge in [-0.3, -0.25) is 10.1 Å². The molecule has 1 atom stereocenters. The fourth-order valence-electron chi connectivity index (χ4n) is 2.36. The summed E-state index contributed by atoms with van der Waals surface area (Å²) in [6.07, 6.45) is -1.21. The fraction of sp³-hybridized carbons (Fsp3) is 0.235. The number of halogens is 3. The first kappa shape index (κ1) is 21.1. The summed E-state index contributed by atoms with van der Waals surface area (Å²) in [6.45, 7) is 0. The highest BCUT2D eigenvalue weighted by atomic mass is 35.6. The van der Waals surface area contributed by atoms with E-state index in [1.807, 2.05) is 0 Å². The van der Waals surface area contributed by atoms with E-state index in [2.05, 4.69) is 0 Å². The van der Waals surface area contributed by atoms with Crippen LogP contribution in [0.1, 0.15) is 17.2 Å². The lowest BCUT2D eigenvalue weighted by Gasteiger charge is -2.22. The van der Waals surface area contributed by atoms with Gasteiger partial charge in [0, 0.05) is 0 Å². The highest BCUT2D eigenvalue weighted by Crippen LogP contribution is 2.42. The highest BCUT2D eigenvalue weighted by molar-refractivity contribution is 6.75. The monoisotopic (exact) mass is 433 g/mol. The Morgan fingerprint density at radius 3 is 2.11 bits per heavy atom. The first-order valence-electron chi connectivity index (χ1n) is 7.42. The number of nitrogens with zero attached hydrogens (tertiary/aromatic N) is 1. The van der Waals surface area contributed by atoms with Gasteiger partial charge in [-0.1, -0.05) is 65.1 Å². The molecule has 2 aromatic carbocycles. The van der Waals surface area contributed by atoms with E-state index in [4.69, 9.17) is 49.0 Å². The first-order valence-corrected chi connectivity index (χ1v) is 8.55. The van der Waals surface area contributed by atoms with Crippen LogP contribution in [0.4, 0.5) is 5.69 Å². The SMILES string of the molecule is COc1cc(C(OC(=O)C(Cl)(Cl)Cl)c2ccccc2)c([N+](=O)[O-])cc1OC. The number of methoxy groups -OCH3 is 2. The smallest absolute Gasteiger partial charge is 0.359 e. The van der Waals surface area contributed by atoms with Crippen molar-refractivity contribution >= 4 is 46.5 Å². The molecule has 0 aliphatic heterocycles. The lowest BCUT2D eigenvalue weighted by molar-refractivity contribution is -0.386. The topological polar surface area (TPSA) is 87.9 Å². The number of nitro groups is 1. The van der Waals surface area contributed by atoms with Crippen LogP contribution in [0.5, 0.6) is 11.5 Å². The Morgan fingerprint density at radius 2 is 1.63 bits per heavy atom. The quantitative estimate of drug-likeness (QED) is 0.285. The molecule has 0 saturated carbocycles. The minimum atomic E-state index is -2.35. The van der Waals surface area contributed by atoms with Crippen molar-refractivity contribution in [2.45, 2.75) is 9.90 Å². The van der Waals surface area contributed by atoms with E-state index in [1.54, 1.807) is 30.3 Å². The van der Waals surface area contributed by atoms with Gasteiger partial charge in [0.2, 0.25) is 0 Å². The predicted molar refractivity (Wildman–Crippen MR) is 101 cm³/mol. The normalized spacial score (nSPS) is 12.2. The molecule has 0 spiro atoms. The van der Waals surface area contributed by atoms with Crippen LogP contribution < -0.4 is 9.47 Å². The second kappa shape index (κ2) is 8.65. The van der Waals surface area contributed by atoms with Gasteiger partial charge in [-0.15, -0.1) is 0 Å². The molecule has 0 bridgehead atoms. The highest BCUT2D eigenvalue weighted by Gasteiger charge is 2.37. The Balaban J connectivity index is 2.67. The second-order valence-corrected chi connectivity index (χ2v) is 7.50. The maximum absolute atomic E-state index is 12.1. The van der Waals surface area contributed by atoms with Crippen LogP contribution in [0.25, 0.3) is 0 Å². The molecule has 0 fully saturated rings. The molecule has 0 heterocycles. The van der Waals surface area contributed by atoms with Gasteiger partial charge >= 0.3 is 5.97 Å². The van der Waals surface area contributed by atoms with Gasteiger partial charge < -0.3 is 14.2 Å². The largest absolute Gasteiger partial charge is 0.493 e. The molecule has 0 aliphatic carbocycles. The fourth-order valence-corrected chi connectivity index (χ4v) is 2.50. The third-order valence-corrected chi connectivity index (χ3v) is 4.03. The van der Waals surface area contributed by atoms with E-state index in [-0.39, 0.29) is 22.7 Å². The van der Waals surface area contributed by atoms with Crippen molar-refractivity contribution in [1.82, 2.24) is 0 Å². The molecule has 144 valence electrons. The van der Waals surface area contributed by atoms with Crippen LogP contribution in [0.15, 0.2) is 42.5 Å². The number of alkyl halides is 3. The summed E-state index contributed by atoms with van der Waals surface area (Å²) in [5, 5.41) is 11.6. The van der Waals surface area contributed by atoms with Crippen LogP contribution in [-0.2, 0) is 9.53 Å². The molecule has 27 heavy (non-hydrogen) atoms. The van der Waals surface area contributed by atoms with Gasteiger partial charge in [0.1, 0.15) is 0 Å². The lowest BCUT2D eigenvalue weighted by atomic mass is 9.99. The van der Waals surface area contributed by atoms with Crippen molar-refractivity contribution in [3.05, 3.63) is 63.7 Å². The van der Waals surface area contributed by atoms with Crippen molar-refractivity contribution in [2.24, 2.45) is 0 Å². The third kappa shape index (κ3) is 4.94. The van der Waals surface area contributed by atoms with E-state index < -0.39 is 20.8 Å². The number of hydrogen-bond donors (Lipinski definition) is 0. The zero-order chi connectivity index (χ0) is 20.2. The zero-order valence-electron chi connectivity index (χ0n) is 14.1. The molecule has 0 amide bonds. The van der Waals surface area contributed by atoms with Crippen LogP contribution >= 0.6 is 34.8 Å². The van der Waals surface area contributed by atoms with Crippen LogP contribution in [0, 0.1) is 10.1 Å². The molecule has 0 radical (unpaired) electrons. The van der Waals surface area contributed by atoms with Gasteiger partial charge in [0.25, 0.3) is 9.48 Å². The molecule has 2 aromatic rings. The maximum atomic E-state index is 12.1. The molecule has 0 aromatic heterocycles. The zero-order valence-corrected chi connectivity index (χ0v) is 16.4. The van der Waals surface area contributed by atoms with Crippen LogP contribution in [0.2, 0.25) is 0 Å². The Bertz CT molecular complexity index is 839. The molecule has 7 nitrogen and oxygen atoms in total. The van der Waals surface area contributed by atoms with E-state index >= 15 is 0 Å². The minimum Gasteiger partial charge on any atom is -0.493 e. The lowest BCUT2D eigenvalue weighted by Crippen LogP contribution is -2.25. The number of ether oxygens (including phenoxy) is 3. The summed E-state index contributed by atoms with van der Waals surface area (Å²) >= 11 is 16.8. The van der Waals surface area contributed by atoms with Gasteiger partial charge in [0.05, 0.1) is 30.8 Å². The van der Waals surface area contributed by atoms with Gasteiger partial charge in [-0.2, -0.15) is 0 Å². The molecular formula is C17H14Cl3NO6. The van der Waals surface area contributed by atoms with Gasteiger partial charge in [-0.25, -0.2) is 4.79 Å². The van der Waals surface area contributed by atoms with Crippen molar-refractivity contribution in [2.75, 3.05) is 14.2 Å². The summed E-state index contributed by atoms with van der Waals surface area (Å²) in [5.74, 6) is -0.818. The van der Waals surface area contributed by atoms with E-state index in [0.29, 0.717) is 5.56 Å². The number of esters is 1. The Labute approximate surface area is 169 Å². The van der Waals surface area contributed by atoms with Crippen molar-refractivity contribution in [3.8, 4) is 11.5 Å².